The van der Waals surface area contributed by atoms with Gasteiger partial charge >= 0.3 is 0 Å². The van der Waals surface area contributed by atoms with Gasteiger partial charge in [0.2, 0.25) is 5.91 Å². The van der Waals surface area contributed by atoms with E-state index in [9.17, 15) is 40.5 Å². The van der Waals surface area contributed by atoms with E-state index in [-0.39, 0.29) is 12.8 Å². The van der Waals surface area contributed by atoms with Crippen molar-refractivity contribution < 1.29 is 50.0 Å². The number of amides is 1. The normalized spacial score (nSPS) is 20.0. The summed E-state index contributed by atoms with van der Waals surface area (Å²) in [7, 11) is 0. The fourth-order valence-corrected chi connectivity index (χ4v) is 10.2. The number of aliphatic hydroxyl groups is 7. The lowest BCUT2D eigenvalue weighted by atomic mass is 9.98. The van der Waals surface area contributed by atoms with E-state index in [4.69, 9.17) is 9.47 Å². The minimum atomic E-state index is -1.67. The molecule has 0 bridgehead atoms. The molecule has 0 spiro atoms. The lowest BCUT2D eigenvalue weighted by Crippen LogP contribution is -2.60. The molecule has 0 saturated carbocycles. The highest BCUT2D eigenvalue weighted by Crippen LogP contribution is 2.23. The van der Waals surface area contributed by atoms with Crippen molar-refractivity contribution >= 4 is 5.91 Å². The summed E-state index contributed by atoms with van der Waals surface area (Å²) in [6.45, 7) is 3.47. The van der Waals surface area contributed by atoms with E-state index in [1.54, 1.807) is 0 Å². The van der Waals surface area contributed by atoms with E-state index in [1.807, 2.05) is 0 Å². The van der Waals surface area contributed by atoms with Crippen LogP contribution in [0.15, 0.2) is 24.3 Å². The molecule has 1 aliphatic heterocycles. The number of hydrogen-bond acceptors (Lipinski definition) is 10. The molecule has 432 valence electrons. The molecule has 9 atom stereocenters. The van der Waals surface area contributed by atoms with Gasteiger partial charge in [0.25, 0.3) is 0 Å². The molecule has 0 aromatic rings. The van der Waals surface area contributed by atoms with E-state index >= 15 is 0 Å². The van der Waals surface area contributed by atoms with Gasteiger partial charge in [-0.1, -0.05) is 269 Å². The Labute approximate surface area is 448 Å². The molecule has 1 heterocycles. The van der Waals surface area contributed by atoms with Gasteiger partial charge in [-0.25, -0.2) is 0 Å². The topological polar surface area (TPSA) is 189 Å². The number of carbonyl (C=O) groups is 1. The molecule has 73 heavy (non-hydrogen) atoms. The third-order valence-corrected chi connectivity index (χ3v) is 15.2. The van der Waals surface area contributed by atoms with Crippen LogP contribution in [-0.2, 0) is 14.3 Å². The standard InChI is InChI=1S/C62H119NO10/c1-3-5-7-9-11-13-15-17-19-21-22-23-24-25-26-27-28-29-30-31-32-34-35-37-39-41-43-45-47-49-54(65)57(67)53(52-72-62-60(70)59(69)58(68)56(51-64)73-62)63-61(71)55(66)50-48-46-44-42-40-38-36-33-20-18-16-14-12-10-8-6-4-2/h34-35,41,43,53-60,62,64-70H,3-33,36-40,42,44-52H2,1-2H3,(H,63,71)/b35-34+,43-41+. The Balaban J connectivity index is 2.27. The molecule has 1 fully saturated rings. The second-order valence-electron chi connectivity index (χ2n) is 22.1. The van der Waals surface area contributed by atoms with E-state index in [0.717, 1.165) is 38.5 Å². The Morgan fingerprint density at radius 3 is 1.22 bits per heavy atom. The number of carbonyl (C=O) groups excluding carboxylic acids is 1. The summed E-state index contributed by atoms with van der Waals surface area (Å²) in [4.78, 5) is 13.2. The van der Waals surface area contributed by atoms with Crippen molar-refractivity contribution in [2.45, 2.75) is 351 Å². The van der Waals surface area contributed by atoms with Crippen molar-refractivity contribution in [1.29, 1.82) is 0 Å². The van der Waals surface area contributed by atoms with Gasteiger partial charge in [-0.2, -0.15) is 0 Å². The van der Waals surface area contributed by atoms with Crippen molar-refractivity contribution in [3.05, 3.63) is 24.3 Å². The maximum atomic E-state index is 13.2. The zero-order chi connectivity index (χ0) is 53.3. The molecule has 11 nitrogen and oxygen atoms in total. The van der Waals surface area contributed by atoms with E-state index < -0.39 is 74.2 Å². The molecular weight excluding hydrogens is 919 g/mol. The number of aliphatic hydroxyl groups excluding tert-OH is 7. The largest absolute Gasteiger partial charge is 0.394 e. The fraction of sp³-hybridized carbons (Fsp3) is 0.919. The Morgan fingerprint density at radius 2 is 0.822 bits per heavy atom. The van der Waals surface area contributed by atoms with Crippen molar-refractivity contribution in [2.75, 3.05) is 13.2 Å². The maximum Gasteiger partial charge on any atom is 0.249 e. The summed E-state index contributed by atoms with van der Waals surface area (Å²) < 4.78 is 11.1. The highest BCUT2D eigenvalue weighted by Gasteiger charge is 2.44. The summed E-state index contributed by atoms with van der Waals surface area (Å²) >= 11 is 0. The smallest absolute Gasteiger partial charge is 0.249 e. The van der Waals surface area contributed by atoms with Gasteiger partial charge < -0.3 is 50.5 Å². The number of allylic oxidation sites excluding steroid dienone is 4. The molecule has 8 N–H and O–H groups in total. The Morgan fingerprint density at radius 1 is 0.466 bits per heavy atom. The van der Waals surface area contributed by atoms with Crippen LogP contribution < -0.4 is 5.32 Å². The third-order valence-electron chi connectivity index (χ3n) is 15.2. The van der Waals surface area contributed by atoms with Crippen molar-refractivity contribution in [2.24, 2.45) is 0 Å². The molecule has 0 aliphatic carbocycles. The molecule has 9 unspecified atom stereocenters. The average Bonchev–Trinajstić information content (AvgIpc) is 3.39. The van der Waals surface area contributed by atoms with Crippen LogP contribution in [0.1, 0.15) is 296 Å². The average molecular weight is 1040 g/mol. The van der Waals surface area contributed by atoms with Crippen LogP contribution >= 0.6 is 0 Å². The molecule has 11 heteroatoms. The number of rotatable bonds is 54. The van der Waals surface area contributed by atoms with Gasteiger partial charge in [0.05, 0.1) is 25.4 Å². The van der Waals surface area contributed by atoms with Crippen LogP contribution in [0.3, 0.4) is 0 Å². The maximum absolute atomic E-state index is 13.2. The first kappa shape index (κ1) is 69.6. The second-order valence-corrected chi connectivity index (χ2v) is 22.1. The van der Waals surface area contributed by atoms with Crippen LogP contribution in [0.5, 0.6) is 0 Å². The number of hydrogen-bond donors (Lipinski definition) is 8. The van der Waals surface area contributed by atoms with Gasteiger partial charge in [-0.15, -0.1) is 0 Å². The minimum absolute atomic E-state index is 0.249. The Kier molecular flexibility index (Phi) is 49.0. The molecule has 0 aromatic heterocycles. The monoisotopic (exact) mass is 1040 g/mol. The molecule has 0 radical (unpaired) electrons. The van der Waals surface area contributed by atoms with Crippen molar-refractivity contribution in [1.82, 2.24) is 5.32 Å². The molecule has 1 rings (SSSR count). The van der Waals surface area contributed by atoms with Crippen molar-refractivity contribution in [3.63, 3.8) is 0 Å². The molecule has 1 amide bonds. The van der Waals surface area contributed by atoms with E-state index in [2.05, 4.69) is 43.5 Å². The summed E-state index contributed by atoms with van der Waals surface area (Å²) in [5.74, 6) is -0.706. The predicted molar refractivity (Wildman–Crippen MR) is 302 cm³/mol. The SMILES string of the molecule is CCCCCCCCCCCCCCCCCCCCCC/C=C/CC/C=C/CCCC(O)C(O)C(COC1OC(CO)C(O)C(O)C1O)NC(=O)C(O)CCCCCCCCCCCCCCCCCCC. The quantitative estimate of drug-likeness (QED) is 0.0215. The fourth-order valence-electron chi connectivity index (χ4n) is 10.2. The lowest BCUT2D eigenvalue weighted by molar-refractivity contribution is -0.303. The first-order valence-electron chi connectivity index (χ1n) is 31.2. The van der Waals surface area contributed by atoms with Crippen molar-refractivity contribution in [3.8, 4) is 0 Å². The molecule has 1 saturated heterocycles. The summed E-state index contributed by atoms with van der Waals surface area (Å²) in [6, 6.07) is -1.19. The predicted octanol–water partition coefficient (Wildman–Crippen LogP) is 13.7. The van der Waals surface area contributed by atoms with Gasteiger partial charge in [-0.3, -0.25) is 4.79 Å². The molecular formula is C62H119NO10. The van der Waals surface area contributed by atoms with Crippen LogP contribution in [-0.4, -0.2) is 110 Å². The zero-order valence-electron chi connectivity index (χ0n) is 47.4. The third kappa shape index (κ3) is 39.6. The summed E-state index contributed by atoms with van der Waals surface area (Å²) in [5.41, 5.74) is 0. The second kappa shape index (κ2) is 51.4. The molecule has 1 aliphatic rings. The Bertz CT molecular complexity index is 1240. The van der Waals surface area contributed by atoms with Gasteiger partial charge in [0.15, 0.2) is 6.29 Å². The number of unbranched alkanes of at least 4 members (excludes halogenated alkanes) is 38. The molecule has 0 aromatic carbocycles. The van der Waals surface area contributed by atoms with Gasteiger partial charge in [0, 0.05) is 0 Å². The zero-order valence-corrected chi connectivity index (χ0v) is 47.4. The highest BCUT2D eigenvalue weighted by atomic mass is 16.7. The van der Waals surface area contributed by atoms with Gasteiger partial charge in [0.1, 0.15) is 36.6 Å². The minimum Gasteiger partial charge on any atom is -0.394 e. The van der Waals surface area contributed by atoms with Crippen LogP contribution in [0, 0.1) is 0 Å². The van der Waals surface area contributed by atoms with Crippen LogP contribution in [0.4, 0.5) is 0 Å². The number of nitrogens with one attached hydrogen (secondary N) is 1. The van der Waals surface area contributed by atoms with E-state index in [0.29, 0.717) is 19.3 Å². The van der Waals surface area contributed by atoms with E-state index in [1.165, 1.54) is 212 Å². The van der Waals surface area contributed by atoms with Crippen LogP contribution in [0.25, 0.3) is 0 Å². The summed E-state index contributed by atoms with van der Waals surface area (Å²) in [6.07, 6.45) is 51.1. The summed E-state index contributed by atoms with van der Waals surface area (Å²) in [5, 5.41) is 76.2. The Hall–Kier alpha value is -1.41. The van der Waals surface area contributed by atoms with Crippen LogP contribution in [0.2, 0.25) is 0 Å². The first-order valence-corrected chi connectivity index (χ1v) is 31.2. The first-order chi connectivity index (χ1) is 35.7. The highest BCUT2D eigenvalue weighted by molar-refractivity contribution is 5.80. The lowest BCUT2D eigenvalue weighted by Gasteiger charge is -2.40. The number of ether oxygens (including phenoxy) is 2. The van der Waals surface area contributed by atoms with Gasteiger partial charge in [-0.05, 0) is 51.4 Å².